The van der Waals surface area contributed by atoms with Crippen LogP contribution in [0.15, 0.2) is 12.3 Å². The van der Waals surface area contributed by atoms with Crippen LogP contribution in [-0.4, -0.2) is 51.4 Å². The molecule has 0 saturated carbocycles. The van der Waals surface area contributed by atoms with E-state index in [0.29, 0.717) is 6.54 Å². The number of carbonyl (C=O) groups excluding carboxylic acids is 1. The number of aliphatic hydroxyl groups is 1. The summed E-state index contributed by atoms with van der Waals surface area (Å²) in [6.45, 7) is 10.5. The Labute approximate surface area is 143 Å². The van der Waals surface area contributed by atoms with Gasteiger partial charge in [0.05, 0.1) is 18.7 Å². The Morgan fingerprint density at radius 3 is 2.75 bits per heavy atom. The van der Waals surface area contributed by atoms with Crippen molar-refractivity contribution in [3.8, 4) is 0 Å². The van der Waals surface area contributed by atoms with Gasteiger partial charge in [-0.25, -0.2) is 9.78 Å². The summed E-state index contributed by atoms with van der Waals surface area (Å²) in [4.78, 5) is 21.3. The normalized spacial score (nSPS) is 26.2. The molecule has 3 atom stereocenters. The predicted octanol–water partition coefficient (Wildman–Crippen LogP) is 2.33. The van der Waals surface area contributed by atoms with Crippen molar-refractivity contribution in [2.45, 2.75) is 71.4 Å². The third kappa shape index (κ3) is 2.95. The van der Waals surface area contributed by atoms with Crippen LogP contribution in [0.3, 0.4) is 0 Å². The molecule has 3 rings (SSSR count). The van der Waals surface area contributed by atoms with Crippen molar-refractivity contribution in [1.29, 1.82) is 0 Å². The van der Waals surface area contributed by atoms with Crippen molar-refractivity contribution in [3.63, 3.8) is 0 Å². The first-order chi connectivity index (χ1) is 11.2. The van der Waals surface area contributed by atoms with Gasteiger partial charge in [0.15, 0.2) is 0 Å². The van der Waals surface area contributed by atoms with Gasteiger partial charge in [0, 0.05) is 18.8 Å². The zero-order valence-electron chi connectivity index (χ0n) is 15.1. The second-order valence-electron chi connectivity index (χ2n) is 7.89. The summed E-state index contributed by atoms with van der Waals surface area (Å²) in [5.74, 6) is 0.986. The number of ether oxygens (including phenoxy) is 1. The number of pyridine rings is 1. The molecule has 3 heterocycles. The maximum atomic E-state index is 12.6. The van der Waals surface area contributed by atoms with Crippen LogP contribution in [0.25, 0.3) is 0 Å². The fraction of sp³-hybridized carbons (Fsp3) is 0.667. The van der Waals surface area contributed by atoms with Gasteiger partial charge in [-0.05, 0) is 58.2 Å². The maximum absolute atomic E-state index is 12.6. The van der Waals surface area contributed by atoms with Crippen LogP contribution in [0.2, 0.25) is 0 Å². The minimum atomic E-state index is -0.493. The second kappa shape index (κ2) is 5.92. The molecule has 0 bridgehead atoms. The summed E-state index contributed by atoms with van der Waals surface area (Å²) in [6.07, 6.45) is 2.32. The summed E-state index contributed by atoms with van der Waals surface area (Å²) in [7, 11) is 0. The van der Waals surface area contributed by atoms with E-state index in [1.54, 1.807) is 6.20 Å². The predicted molar refractivity (Wildman–Crippen MR) is 92.0 cm³/mol. The van der Waals surface area contributed by atoms with Gasteiger partial charge < -0.3 is 19.6 Å². The number of aromatic nitrogens is 1. The summed E-state index contributed by atoms with van der Waals surface area (Å²) < 4.78 is 5.58. The zero-order valence-corrected chi connectivity index (χ0v) is 15.1. The molecule has 1 fully saturated rings. The third-order valence-corrected chi connectivity index (χ3v) is 4.83. The zero-order chi connectivity index (χ0) is 17.6. The number of hydrogen-bond acceptors (Lipinski definition) is 5. The number of nitrogens with zero attached hydrogens (tertiary/aromatic N) is 3. The number of fused-ring (bicyclic) bond motifs is 3. The smallest absolute Gasteiger partial charge is 0.410 e. The van der Waals surface area contributed by atoms with Crippen molar-refractivity contribution in [3.05, 3.63) is 23.4 Å². The molecule has 24 heavy (non-hydrogen) atoms. The molecule has 0 aromatic carbocycles. The SMILES string of the molecule is CC1C2Cc3cc(CO)cnc3N2C(C)CN1C(=O)OC(C)(C)C. The van der Waals surface area contributed by atoms with Crippen molar-refractivity contribution in [1.82, 2.24) is 9.88 Å². The number of aliphatic hydroxyl groups excluding tert-OH is 1. The van der Waals surface area contributed by atoms with E-state index in [0.717, 1.165) is 23.4 Å². The molecule has 0 radical (unpaired) electrons. The monoisotopic (exact) mass is 333 g/mol. The molecule has 2 aliphatic heterocycles. The molecule has 1 amide bonds. The lowest BCUT2D eigenvalue weighted by Crippen LogP contribution is -2.63. The van der Waals surface area contributed by atoms with E-state index in [-0.39, 0.29) is 30.8 Å². The molecule has 0 aliphatic carbocycles. The lowest BCUT2D eigenvalue weighted by molar-refractivity contribution is 0.00824. The van der Waals surface area contributed by atoms with Crippen molar-refractivity contribution in [2.24, 2.45) is 0 Å². The van der Waals surface area contributed by atoms with E-state index in [2.05, 4.69) is 23.7 Å². The molecule has 1 aromatic heterocycles. The maximum Gasteiger partial charge on any atom is 0.410 e. The molecule has 0 spiro atoms. The number of carbonyl (C=O) groups is 1. The molecular weight excluding hydrogens is 306 g/mol. The molecule has 1 saturated heterocycles. The molecule has 1 aromatic rings. The van der Waals surface area contributed by atoms with E-state index in [1.807, 2.05) is 31.7 Å². The van der Waals surface area contributed by atoms with Gasteiger partial charge in [0.2, 0.25) is 0 Å². The van der Waals surface area contributed by atoms with Crippen LogP contribution >= 0.6 is 0 Å². The fourth-order valence-corrected chi connectivity index (χ4v) is 3.75. The minimum Gasteiger partial charge on any atom is -0.444 e. The van der Waals surface area contributed by atoms with Crippen molar-refractivity contribution in [2.75, 3.05) is 11.4 Å². The Hall–Kier alpha value is -1.82. The van der Waals surface area contributed by atoms with Crippen LogP contribution in [0.1, 0.15) is 45.7 Å². The summed E-state index contributed by atoms with van der Waals surface area (Å²) in [5.41, 5.74) is 1.49. The van der Waals surface area contributed by atoms with Gasteiger partial charge in [-0.1, -0.05) is 0 Å². The molecule has 6 heteroatoms. The number of amides is 1. The third-order valence-electron chi connectivity index (χ3n) is 4.83. The van der Waals surface area contributed by atoms with E-state index >= 15 is 0 Å². The molecule has 6 nitrogen and oxygen atoms in total. The quantitative estimate of drug-likeness (QED) is 0.854. The number of hydrogen-bond donors (Lipinski definition) is 1. The van der Waals surface area contributed by atoms with Crippen LogP contribution in [0, 0.1) is 0 Å². The van der Waals surface area contributed by atoms with E-state index < -0.39 is 5.60 Å². The fourth-order valence-electron chi connectivity index (χ4n) is 3.75. The highest BCUT2D eigenvalue weighted by atomic mass is 16.6. The molecule has 1 N–H and O–H groups in total. The first-order valence-corrected chi connectivity index (χ1v) is 8.58. The van der Waals surface area contributed by atoms with Gasteiger partial charge in [-0.15, -0.1) is 0 Å². The second-order valence-corrected chi connectivity index (χ2v) is 7.89. The lowest BCUT2D eigenvalue weighted by atomic mass is 9.99. The summed E-state index contributed by atoms with van der Waals surface area (Å²) >= 11 is 0. The Morgan fingerprint density at radius 1 is 1.42 bits per heavy atom. The van der Waals surface area contributed by atoms with Gasteiger partial charge in [-0.3, -0.25) is 0 Å². The van der Waals surface area contributed by atoms with Crippen molar-refractivity contribution < 1.29 is 14.6 Å². The molecule has 2 aliphatic rings. The number of rotatable bonds is 1. The van der Waals surface area contributed by atoms with E-state index in [1.165, 1.54) is 0 Å². The van der Waals surface area contributed by atoms with Crippen LogP contribution in [0.4, 0.5) is 10.6 Å². The lowest BCUT2D eigenvalue weighted by Gasteiger charge is -2.47. The molecule has 3 unspecified atom stereocenters. The van der Waals surface area contributed by atoms with E-state index in [4.69, 9.17) is 4.74 Å². The number of anilines is 1. The van der Waals surface area contributed by atoms with E-state index in [9.17, 15) is 9.90 Å². The molecular formula is C18H27N3O3. The highest BCUT2D eigenvalue weighted by Crippen LogP contribution is 2.38. The minimum absolute atomic E-state index is 0.0000867. The Bertz CT molecular complexity index is 641. The van der Waals surface area contributed by atoms with Crippen LogP contribution < -0.4 is 4.90 Å². The van der Waals surface area contributed by atoms with Crippen molar-refractivity contribution >= 4 is 11.9 Å². The first kappa shape index (κ1) is 17.0. The summed E-state index contributed by atoms with van der Waals surface area (Å²) in [6, 6.07) is 2.44. The van der Waals surface area contributed by atoms with Crippen LogP contribution in [-0.2, 0) is 17.8 Å². The average molecular weight is 333 g/mol. The van der Waals surface area contributed by atoms with Gasteiger partial charge >= 0.3 is 6.09 Å². The summed E-state index contributed by atoms with van der Waals surface area (Å²) in [5, 5.41) is 9.33. The number of piperazine rings is 1. The first-order valence-electron chi connectivity index (χ1n) is 8.58. The highest BCUT2D eigenvalue weighted by Gasteiger charge is 2.45. The Kier molecular flexibility index (Phi) is 4.20. The Balaban J connectivity index is 1.84. The topological polar surface area (TPSA) is 65.9 Å². The molecule has 132 valence electrons. The Morgan fingerprint density at radius 2 is 2.12 bits per heavy atom. The van der Waals surface area contributed by atoms with Crippen LogP contribution in [0.5, 0.6) is 0 Å². The van der Waals surface area contributed by atoms with Gasteiger partial charge in [-0.2, -0.15) is 0 Å². The van der Waals surface area contributed by atoms with Gasteiger partial charge in [0.25, 0.3) is 0 Å². The van der Waals surface area contributed by atoms with Gasteiger partial charge in [0.1, 0.15) is 11.4 Å². The average Bonchev–Trinajstić information content (AvgIpc) is 2.88. The largest absolute Gasteiger partial charge is 0.444 e. The standard InChI is InChI=1S/C18H27N3O3/c1-11-9-20(17(23)24-18(3,4)5)12(2)15-7-14-6-13(10-22)8-19-16(14)21(11)15/h6,8,11-12,15,22H,7,9-10H2,1-5H3. The highest BCUT2D eigenvalue weighted by molar-refractivity contribution is 5.70.